The molecule has 0 N–H and O–H groups in total. The van der Waals surface area contributed by atoms with E-state index in [9.17, 15) is 0 Å². The molecule has 0 amide bonds. The van der Waals surface area contributed by atoms with Crippen molar-refractivity contribution in [3.63, 3.8) is 0 Å². The van der Waals surface area contributed by atoms with Gasteiger partial charge in [0.25, 0.3) is 0 Å². The summed E-state index contributed by atoms with van der Waals surface area (Å²) < 4.78 is 0. The van der Waals surface area contributed by atoms with Crippen LogP contribution in [-0.2, 0) is 0 Å². The number of hydrogen-bond acceptors (Lipinski definition) is 1. The van der Waals surface area contributed by atoms with Crippen molar-refractivity contribution < 1.29 is 0 Å². The minimum Gasteiger partial charge on any atom is -0.129 e. The van der Waals surface area contributed by atoms with Gasteiger partial charge in [0, 0.05) is 15.5 Å². The summed E-state index contributed by atoms with van der Waals surface area (Å²) in [4.78, 5) is 1.22. The largest absolute Gasteiger partial charge is 0.129 e. The first-order valence-corrected chi connectivity index (χ1v) is 6.31. The Morgan fingerprint density at radius 1 is 0.933 bits per heavy atom. The summed E-state index contributed by atoms with van der Waals surface area (Å²) in [5.41, 5.74) is 2.31. The van der Waals surface area contributed by atoms with Gasteiger partial charge in [0.1, 0.15) is 0 Å². The van der Waals surface area contributed by atoms with Crippen molar-refractivity contribution in [1.82, 2.24) is 0 Å². The Kier molecular flexibility index (Phi) is 3.34. The molecule has 2 rings (SSSR count). The summed E-state index contributed by atoms with van der Waals surface area (Å²) in [7, 11) is 0. The molecule has 15 heavy (non-hydrogen) atoms. The average molecular weight is 235 g/mol. The van der Waals surface area contributed by atoms with Gasteiger partial charge < -0.3 is 0 Å². The molecule has 0 aromatic heterocycles. The third kappa shape index (κ3) is 2.19. The molecule has 0 radical (unpaired) electrons. The normalized spacial score (nSPS) is 10.3. The molecule has 0 spiro atoms. The molecule has 0 aliphatic rings. The Balaban J connectivity index is 2.61. The van der Waals surface area contributed by atoms with Gasteiger partial charge in [0.05, 0.1) is 0 Å². The summed E-state index contributed by atoms with van der Waals surface area (Å²) in [6.45, 7) is 0. The van der Waals surface area contributed by atoms with Crippen molar-refractivity contribution in [3.8, 4) is 11.1 Å². The van der Waals surface area contributed by atoms with E-state index in [-0.39, 0.29) is 0 Å². The van der Waals surface area contributed by atoms with Gasteiger partial charge in [0.15, 0.2) is 0 Å². The predicted octanol–water partition coefficient (Wildman–Crippen LogP) is 4.73. The summed E-state index contributed by atoms with van der Waals surface area (Å²) in [5.74, 6) is 0. The van der Waals surface area contributed by atoms with E-state index in [1.165, 1.54) is 10.5 Å². The summed E-state index contributed by atoms with van der Waals surface area (Å²) in [5, 5.41) is 0.813. The molecule has 0 unspecified atom stereocenters. The van der Waals surface area contributed by atoms with Crippen molar-refractivity contribution in [2.24, 2.45) is 0 Å². The van der Waals surface area contributed by atoms with Gasteiger partial charge in [-0.1, -0.05) is 48.0 Å². The van der Waals surface area contributed by atoms with Crippen molar-refractivity contribution in [2.75, 3.05) is 6.26 Å². The molecule has 2 aromatic rings. The fourth-order valence-electron chi connectivity index (χ4n) is 1.56. The number of halogens is 1. The van der Waals surface area contributed by atoms with Crippen LogP contribution < -0.4 is 0 Å². The topological polar surface area (TPSA) is 0 Å². The van der Waals surface area contributed by atoms with Gasteiger partial charge in [-0.25, -0.2) is 0 Å². The predicted molar refractivity (Wildman–Crippen MR) is 68.7 cm³/mol. The van der Waals surface area contributed by atoms with Crippen molar-refractivity contribution in [1.29, 1.82) is 0 Å². The second-order valence-corrected chi connectivity index (χ2v) is 4.44. The van der Waals surface area contributed by atoms with E-state index in [0.29, 0.717) is 0 Å². The van der Waals surface area contributed by atoms with E-state index in [4.69, 9.17) is 11.6 Å². The van der Waals surface area contributed by atoms with E-state index in [0.717, 1.165) is 10.6 Å². The van der Waals surface area contributed by atoms with E-state index in [1.807, 2.05) is 30.3 Å². The van der Waals surface area contributed by atoms with E-state index in [1.54, 1.807) is 11.8 Å². The van der Waals surface area contributed by atoms with Crippen molar-refractivity contribution >= 4 is 23.4 Å². The lowest BCUT2D eigenvalue weighted by atomic mass is 10.1. The molecular weight excluding hydrogens is 224 g/mol. The highest BCUT2D eigenvalue weighted by molar-refractivity contribution is 7.98. The average Bonchev–Trinajstić information content (AvgIpc) is 2.29. The van der Waals surface area contributed by atoms with E-state index < -0.39 is 0 Å². The second-order valence-electron chi connectivity index (χ2n) is 3.18. The lowest BCUT2D eigenvalue weighted by Crippen LogP contribution is -1.82. The molecule has 2 heteroatoms. The van der Waals surface area contributed by atoms with Crippen LogP contribution in [0, 0.1) is 0 Å². The summed E-state index contributed by atoms with van der Waals surface area (Å²) in [6.07, 6.45) is 2.07. The number of thioether (sulfide) groups is 1. The molecule has 0 heterocycles. The van der Waals surface area contributed by atoms with Crippen LogP contribution in [0.5, 0.6) is 0 Å². The zero-order chi connectivity index (χ0) is 10.7. The third-order valence-corrected chi connectivity index (χ3v) is 3.35. The smallest absolute Gasteiger partial charge is 0.0495 e. The Morgan fingerprint density at radius 3 is 2.33 bits per heavy atom. The van der Waals surface area contributed by atoms with Gasteiger partial charge in [-0.15, -0.1) is 11.8 Å². The Bertz CT molecular complexity index is 451. The van der Waals surface area contributed by atoms with Crippen LogP contribution in [0.2, 0.25) is 5.02 Å². The Morgan fingerprint density at radius 2 is 1.67 bits per heavy atom. The maximum absolute atomic E-state index is 6.23. The fourth-order valence-corrected chi connectivity index (χ4v) is 2.55. The highest BCUT2D eigenvalue weighted by atomic mass is 35.5. The van der Waals surface area contributed by atoms with Crippen LogP contribution in [0.4, 0.5) is 0 Å². The molecule has 0 bridgehead atoms. The van der Waals surface area contributed by atoms with Crippen LogP contribution in [-0.4, -0.2) is 6.26 Å². The molecular formula is C13H11ClS. The van der Waals surface area contributed by atoms with Crippen molar-refractivity contribution in [2.45, 2.75) is 4.90 Å². The highest BCUT2D eigenvalue weighted by Crippen LogP contribution is 2.35. The molecule has 0 atom stereocenters. The second kappa shape index (κ2) is 4.73. The van der Waals surface area contributed by atoms with Gasteiger partial charge in [-0.2, -0.15) is 0 Å². The van der Waals surface area contributed by atoms with Gasteiger partial charge >= 0.3 is 0 Å². The highest BCUT2D eigenvalue weighted by Gasteiger charge is 2.07. The lowest BCUT2D eigenvalue weighted by molar-refractivity contribution is 1.45. The SMILES string of the molecule is CSc1cccc(Cl)c1-c1ccccc1. The zero-order valence-electron chi connectivity index (χ0n) is 8.41. The minimum absolute atomic E-state index is 0.813. The molecule has 2 aromatic carbocycles. The summed E-state index contributed by atoms with van der Waals surface area (Å²) in [6, 6.07) is 16.3. The number of hydrogen-bond donors (Lipinski definition) is 0. The standard InChI is InChI=1S/C13H11ClS/c1-15-12-9-5-8-11(14)13(12)10-6-3-2-4-7-10/h2-9H,1H3. The van der Waals surface area contributed by atoms with Gasteiger partial charge in [0.2, 0.25) is 0 Å². The Hall–Kier alpha value is -0.920. The maximum atomic E-state index is 6.23. The molecule has 0 aliphatic carbocycles. The van der Waals surface area contributed by atoms with E-state index in [2.05, 4.69) is 24.5 Å². The molecule has 0 saturated carbocycles. The quantitative estimate of drug-likeness (QED) is 0.677. The number of rotatable bonds is 2. The maximum Gasteiger partial charge on any atom is 0.0495 e. The first-order chi connectivity index (χ1) is 7.33. The molecule has 0 aliphatic heterocycles. The van der Waals surface area contributed by atoms with Gasteiger partial charge in [-0.05, 0) is 24.0 Å². The molecule has 0 fully saturated rings. The number of benzene rings is 2. The van der Waals surface area contributed by atoms with Crippen LogP contribution in [0.25, 0.3) is 11.1 Å². The fraction of sp³-hybridized carbons (Fsp3) is 0.0769. The van der Waals surface area contributed by atoms with Crippen molar-refractivity contribution in [3.05, 3.63) is 53.6 Å². The molecule has 0 nitrogen and oxygen atoms in total. The van der Waals surface area contributed by atoms with Crippen LogP contribution in [0.15, 0.2) is 53.4 Å². The van der Waals surface area contributed by atoms with Crippen LogP contribution >= 0.6 is 23.4 Å². The molecule has 0 saturated heterocycles. The van der Waals surface area contributed by atoms with E-state index >= 15 is 0 Å². The lowest BCUT2D eigenvalue weighted by Gasteiger charge is -2.09. The minimum atomic E-state index is 0.813. The first-order valence-electron chi connectivity index (χ1n) is 4.71. The zero-order valence-corrected chi connectivity index (χ0v) is 9.98. The molecule has 76 valence electrons. The monoisotopic (exact) mass is 234 g/mol. The van der Waals surface area contributed by atoms with Gasteiger partial charge in [-0.3, -0.25) is 0 Å². The van der Waals surface area contributed by atoms with Crippen LogP contribution in [0.1, 0.15) is 0 Å². The summed E-state index contributed by atoms with van der Waals surface area (Å²) >= 11 is 7.95. The van der Waals surface area contributed by atoms with Crippen LogP contribution in [0.3, 0.4) is 0 Å². The third-order valence-electron chi connectivity index (χ3n) is 2.26. The Labute approximate surface area is 99.3 Å². The first kappa shape index (κ1) is 10.6.